The maximum Gasteiger partial charge on any atom is 0.0837 e. The molecule has 0 radical (unpaired) electrons. The van der Waals surface area contributed by atoms with E-state index in [-0.39, 0.29) is 6.04 Å². The average molecular weight is 301 g/mol. The lowest BCUT2D eigenvalue weighted by Gasteiger charge is -2.10. The molecule has 0 bridgehead atoms. The van der Waals surface area contributed by atoms with Gasteiger partial charge in [0.1, 0.15) is 0 Å². The average Bonchev–Trinajstić information content (AvgIpc) is 2.62. The second-order valence-electron chi connectivity index (χ2n) is 3.59. The summed E-state index contributed by atoms with van der Waals surface area (Å²) in [7, 11) is 1.87. The molecule has 16 heavy (non-hydrogen) atoms. The van der Waals surface area contributed by atoms with E-state index >= 15 is 0 Å². The molecule has 1 atom stereocenters. The minimum absolute atomic E-state index is 0.254. The predicted octanol–water partition coefficient (Wildman–Crippen LogP) is 2.88. The van der Waals surface area contributed by atoms with E-state index in [1.165, 1.54) is 0 Å². The predicted molar refractivity (Wildman–Crippen MR) is 68.4 cm³/mol. The van der Waals surface area contributed by atoms with Crippen molar-refractivity contribution in [1.29, 1.82) is 0 Å². The molecule has 0 aliphatic heterocycles. The minimum atomic E-state index is -0.254. The fourth-order valence-corrected chi connectivity index (χ4v) is 2.41. The van der Waals surface area contributed by atoms with Crippen LogP contribution in [0.15, 0.2) is 34.9 Å². The fraction of sp³-hybridized carbons (Fsp3) is 0.182. The van der Waals surface area contributed by atoms with Crippen molar-refractivity contribution in [2.75, 3.05) is 0 Å². The lowest BCUT2D eigenvalue weighted by molar-refractivity contribution is 0.716. The summed E-state index contributed by atoms with van der Waals surface area (Å²) in [5.74, 6) is 0. The van der Waals surface area contributed by atoms with Crippen molar-refractivity contribution >= 4 is 27.5 Å². The van der Waals surface area contributed by atoms with Crippen LogP contribution in [-0.4, -0.2) is 9.78 Å². The highest BCUT2D eigenvalue weighted by atomic mass is 79.9. The molecule has 84 valence electrons. The Morgan fingerprint density at radius 1 is 1.44 bits per heavy atom. The smallest absolute Gasteiger partial charge is 0.0837 e. The second kappa shape index (κ2) is 4.57. The Kier molecular flexibility index (Phi) is 3.33. The Hall–Kier alpha value is -0.840. The van der Waals surface area contributed by atoms with Gasteiger partial charge < -0.3 is 5.73 Å². The topological polar surface area (TPSA) is 43.8 Å². The molecule has 1 unspecified atom stereocenters. The van der Waals surface area contributed by atoms with Crippen LogP contribution in [0, 0.1) is 0 Å². The zero-order chi connectivity index (χ0) is 11.7. The highest BCUT2D eigenvalue weighted by Crippen LogP contribution is 2.25. The number of rotatable bonds is 2. The Labute approximate surface area is 107 Å². The number of hydrogen-bond donors (Lipinski definition) is 1. The van der Waals surface area contributed by atoms with Gasteiger partial charge in [0, 0.05) is 22.7 Å². The van der Waals surface area contributed by atoms with Gasteiger partial charge in [0.25, 0.3) is 0 Å². The molecule has 0 saturated carbocycles. The van der Waals surface area contributed by atoms with Gasteiger partial charge in [-0.15, -0.1) is 0 Å². The second-order valence-corrected chi connectivity index (χ2v) is 4.95. The number of aromatic nitrogens is 2. The van der Waals surface area contributed by atoms with E-state index in [1.807, 2.05) is 37.5 Å². The number of nitrogens with zero attached hydrogens (tertiary/aromatic N) is 2. The minimum Gasteiger partial charge on any atom is -0.319 e. The Morgan fingerprint density at radius 3 is 2.75 bits per heavy atom. The molecule has 1 aromatic carbocycles. The summed E-state index contributed by atoms with van der Waals surface area (Å²) in [6.07, 6.45) is 1.87. The molecule has 0 spiro atoms. The van der Waals surface area contributed by atoms with Crippen molar-refractivity contribution in [3.63, 3.8) is 0 Å². The molecule has 0 amide bonds. The van der Waals surface area contributed by atoms with Gasteiger partial charge >= 0.3 is 0 Å². The van der Waals surface area contributed by atoms with Crippen molar-refractivity contribution < 1.29 is 0 Å². The van der Waals surface area contributed by atoms with Crippen LogP contribution in [0.4, 0.5) is 0 Å². The molecule has 1 aromatic heterocycles. The van der Waals surface area contributed by atoms with Crippen molar-refractivity contribution in [1.82, 2.24) is 9.78 Å². The highest BCUT2D eigenvalue weighted by molar-refractivity contribution is 9.10. The van der Waals surface area contributed by atoms with E-state index < -0.39 is 0 Å². The van der Waals surface area contributed by atoms with Crippen molar-refractivity contribution in [3.05, 3.63) is 51.2 Å². The van der Waals surface area contributed by atoms with Gasteiger partial charge in [-0.2, -0.15) is 5.10 Å². The lowest BCUT2D eigenvalue weighted by atomic mass is 10.1. The van der Waals surface area contributed by atoms with Gasteiger partial charge in [0.05, 0.1) is 11.7 Å². The molecule has 2 rings (SSSR count). The van der Waals surface area contributed by atoms with Crippen LogP contribution in [0.1, 0.15) is 17.3 Å². The molecule has 1 heterocycles. The maximum absolute atomic E-state index is 6.11. The molecule has 0 fully saturated rings. The third-order valence-electron chi connectivity index (χ3n) is 2.30. The van der Waals surface area contributed by atoms with Crippen molar-refractivity contribution in [2.45, 2.75) is 6.04 Å². The van der Waals surface area contributed by atoms with Gasteiger partial charge in [0.2, 0.25) is 0 Å². The molecule has 0 aliphatic rings. The van der Waals surface area contributed by atoms with Crippen LogP contribution in [0.3, 0.4) is 0 Å². The fourth-order valence-electron chi connectivity index (χ4n) is 1.52. The summed E-state index contributed by atoms with van der Waals surface area (Å²) in [5, 5.41) is 4.94. The SMILES string of the molecule is Cn1ccc(C(N)c2cc(Cl)cc(Br)c2)n1. The summed E-state index contributed by atoms with van der Waals surface area (Å²) in [5.41, 5.74) is 7.89. The number of benzene rings is 1. The van der Waals surface area contributed by atoms with Crippen molar-refractivity contribution in [3.8, 4) is 0 Å². The molecule has 3 nitrogen and oxygen atoms in total. The van der Waals surface area contributed by atoms with Gasteiger partial charge in [-0.25, -0.2) is 0 Å². The van der Waals surface area contributed by atoms with E-state index in [2.05, 4.69) is 21.0 Å². The van der Waals surface area contributed by atoms with Crippen molar-refractivity contribution in [2.24, 2.45) is 12.8 Å². The Balaban J connectivity index is 2.37. The largest absolute Gasteiger partial charge is 0.319 e. The van der Waals surface area contributed by atoms with Crippen LogP contribution in [0.2, 0.25) is 5.02 Å². The monoisotopic (exact) mass is 299 g/mol. The Bertz CT molecular complexity index is 489. The van der Waals surface area contributed by atoms with Crippen LogP contribution in [0.5, 0.6) is 0 Å². The number of aryl methyl sites for hydroxylation is 1. The van der Waals surface area contributed by atoms with Gasteiger partial charge in [-0.05, 0) is 29.8 Å². The van der Waals surface area contributed by atoms with E-state index in [0.717, 1.165) is 15.7 Å². The van der Waals surface area contributed by atoms with E-state index in [9.17, 15) is 0 Å². The standard InChI is InChI=1S/C11H11BrClN3/c1-16-3-2-10(15-16)11(14)7-4-8(12)6-9(13)5-7/h2-6,11H,14H2,1H3. The highest BCUT2D eigenvalue weighted by Gasteiger charge is 2.12. The third-order valence-corrected chi connectivity index (χ3v) is 2.97. The molecular formula is C11H11BrClN3. The maximum atomic E-state index is 6.11. The molecule has 2 aromatic rings. The summed E-state index contributed by atoms with van der Waals surface area (Å²) < 4.78 is 2.65. The molecule has 0 aliphatic carbocycles. The van der Waals surface area contributed by atoms with Gasteiger partial charge in [0.15, 0.2) is 0 Å². The van der Waals surface area contributed by atoms with Crippen LogP contribution >= 0.6 is 27.5 Å². The van der Waals surface area contributed by atoms with Gasteiger partial charge in [-0.1, -0.05) is 27.5 Å². The first kappa shape index (κ1) is 11.6. The molecular weight excluding hydrogens is 289 g/mol. The number of hydrogen-bond acceptors (Lipinski definition) is 2. The Morgan fingerprint density at radius 2 is 2.19 bits per heavy atom. The first-order chi connectivity index (χ1) is 7.56. The first-order valence-electron chi connectivity index (χ1n) is 4.77. The molecule has 5 heteroatoms. The molecule has 2 N–H and O–H groups in total. The summed E-state index contributed by atoms with van der Waals surface area (Å²) >= 11 is 9.37. The summed E-state index contributed by atoms with van der Waals surface area (Å²) in [6.45, 7) is 0. The van der Waals surface area contributed by atoms with E-state index in [0.29, 0.717) is 5.02 Å². The first-order valence-corrected chi connectivity index (χ1v) is 5.94. The lowest BCUT2D eigenvalue weighted by Crippen LogP contribution is -2.13. The van der Waals surface area contributed by atoms with E-state index in [4.69, 9.17) is 17.3 Å². The summed E-state index contributed by atoms with van der Waals surface area (Å²) in [4.78, 5) is 0. The quantitative estimate of drug-likeness (QED) is 0.927. The van der Waals surface area contributed by atoms with E-state index in [1.54, 1.807) is 4.68 Å². The number of nitrogens with two attached hydrogens (primary N) is 1. The van der Waals surface area contributed by atoms with Crippen LogP contribution < -0.4 is 5.73 Å². The summed E-state index contributed by atoms with van der Waals surface area (Å²) in [6, 6.07) is 7.28. The zero-order valence-electron chi connectivity index (χ0n) is 8.69. The normalized spacial score (nSPS) is 12.8. The van der Waals surface area contributed by atoms with Crippen LogP contribution in [0.25, 0.3) is 0 Å². The third kappa shape index (κ3) is 2.45. The van der Waals surface area contributed by atoms with Crippen LogP contribution in [-0.2, 0) is 7.05 Å². The van der Waals surface area contributed by atoms with Gasteiger partial charge in [-0.3, -0.25) is 4.68 Å². The zero-order valence-corrected chi connectivity index (χ0v) is 11.0. The molecule has 0 saturated heterocycles. The number of halogens is 2.